The number of ether oxygens (including phenoxy) is 1. The summed E-state index contributed by atoms with van der Waals surface area (Å²) in [5, 5.41) is 2.27. The first-order valence-electron chi connectivity index (χ1n) is 6.31. The Bertz CT molecular complexity index is 482. The summed E-state index contributed by atoms with van der Waals surface area (Å²) in [6.45, 7) is -0.170. The maximum atomic E-state index is 12.6. The van der Waals surface area contributed by atoms with E-state index in [1.807, 2.05) is 18.2 Å². The van der Waals surface area contributed by atoms with Crippen molar-refractivity contribution in [2.75, 3.05) is 6.54 Å². The van der Waals surface area contributed by atoms with Gasteiger partial charge in [0.25, 0.3) is 0 Å². The average Bonchev–Trinajstić information content (AvgIpc) is 2.41. The Morgan fingerprint density at radius 3 is 2.50 bits per heavy atom. The lowest BCUT2D eigenvalue weighted by Crippen LogP contribution is -2.44. The van der Waals surface area contributed by atoms with Gasteiger partial charge in [-0.05, 0) is 5.56 Å². The van der Waals surface area contributed by atoms with E-state index in [9.17, 15) is 18.4 Å². The highest BCUT2D eigenvalue weighted by Gasteiger charge is 2.48. The van der Waals surface area contributed by atoms with Crippen molar-refractivity contribution < 1.29 is 23.1 Å². The van der Waals surface area contributed by atoms with Gasteiger partial charge in [0, 0.05) is 18.8 Å². The maximum Gasteiger partial charge on any atom is 0.407 e. The number of Topliss-reactive ketones (excluding diaryl/α,β-unsaturated/α-hetero) is 1. The van der Waals surface area contributed by atoms with Crippen LogP contribution in [0.3, 0.4) is 0 Å². The third-order valence-electron chi connectivity index (χ3n) is 3.17. The molecule has 2 rings (SSSR count). The van der Waals surface area contributed by atoms with Crippen molar-refractivity contribution in [1.82, 2.24) is 5.32 Å². The van der Waals surface area contributed by atoms with Gasteiger partial charge in [-0.1, -0.05) is 30.3 Å². The lowest BCUT2D eigenvalue weighted by Gasteiger charge is -2.33. The summed E-state index contributed by atoms with van der Waals surface area (Å²) in [6.07, 6.45) is -1.58. The zero-order valence-corrected chi connectivity index (χ0v) is 10.8. The molecule has 0 atom stereocenters. The molecule has 20 heavy (non-hydrogen) atoms. The highest BCUT2D eigenvalue weighted by Crippen LogP contribution is 2.42. The standard InChI is InChI=1S/C14H15F2NO3/c15-14(16)6-11(7-14)12(18)8-17-13(19)20-9-10-4-2-1-3-5-10/h1-5,11H,6-9H2,(H,17,19). The van der Waals surface area contributed by atoms with E-state index in [2.05, 4.69) is 5.32 Å². The van der Waals surface area contributed by atoms with Crippen LogP contribution in [0.25, 0.3) is 0 Å². The molecule has 0 heterocycles. The number of amides is 1. The molecule has 0 radical (unpaired) electrons. The van der Waals surface area contributed by atoms with Crippen molar-refractivity contribution in [3.63, 3.8) is 0 Å². The third-order valence-corrected chi connectivity index (χ3v) is 3.17. The molecule has 0 aromatic heterocycles. The van der Waals surface area contributed by atoms with Crippen molar-refractivity contribution in [3.05, 3.63) is 35.9 Å². The van der Waals surface area contributed by atoms with Crippen LogP contribution in [0.15, 0.2) is 30.3 Å². The second kappa shape index (κ2) is 5.98. The predicted octanol–water partition coefficient (Wildman–Crippen LogP) is 2.53. The fourth-order valence-corrected chi connectivity index (χ4v) is 1.97. The van der Waals surface area contributed by atoms with Gasteiger partial charge in [-0.3, -0.25) is 4.79 Å². The lowest BCUT2D eigenvalue weighted by molar-refractivity contribution is -0.147. The lowest BCUT2D eigenvalue weighted by atomic mass is 9.78. The van der Waals surface area contributed by atoms with Crippen molar-refractivity contribution in [2.45, 2.75) is 25.4 Å². The van der Waals surface area contributed by atoms with E-state index in [1.165, 1.54) is 0 Å². The minimum atomic E-state index is -2.73. The number of benzene rings is 1. The molecule has 0 aliphatic heterocycles. The number of alkyl carbamates (subject to hydrolysis) is 1. The van der Waals surface area contributed by atoms with Gasteiger partial charge in [-0.2, -0.15) is 0 Å². The SMILES string of the molecule is O=C(NCC(=O)C1CC(F)(F)C1)OCc1ccccc1. The summed E-state index contributed by atoms with van der Waals surface area (Å²) in [4.78, 5) is 22.8. The molecule has 1 aromatic rings. The van der Waals surface area contributed by atoms with Crippen LogP contribution in [0.2, 0.25) is 0 Å². The molecule has 1 N–H and O–H groups in total. The van der Waals surface area contributed by atoms with Crippen LogP contribution in [-0.2, 0) is 16.1 Å². The van der Waals surface area contributed by atoms with Gasteiger partial charge in [0.2, 0.25) is 5.92 Å². The van der Waals surface area contributed by atoms with Gasteiger partial charge >= 0.3 is 6.09 Å². The molecule has 1 amide bonds. The summed E-state index contributed by atoms with van der Waals surface area (Å²) in [5.41, 5.74) is 0.826. The fourth-order valence-electron chi connectivity index (χ4n) is 1.97. The first kappa shape index (κ1) is 14.4. The van der Waals surface area contributed by atoms with E-state index in [4.69, 9.17) is 4.74 Å². The van der Waals surface area contributed by atoms with Crippen LogP contribution >= 0.6 is 0 Å². The molecule has 0 unspecified atom stereocenters. The van der Waals surface area contributed by atoms with Gasteiger partial charge in [-0.15, -0.1) is 0 Å². The molecule has 1 aromatic carbocycles. The summed E-state index contributed by atoms with van der Waals surface area (Å²) in [7, 11) is 0. The summed E-state index contributed by atoms with van der Waals surface area (Å²) < 4.78 is 30.1. The number of rotatable bonds is 5. The average molecular weight is 283 g/mol. The highest BCUT2D eigenvalue weighted by atomic mass is 19.3. The monoisotopic (exact) mass is 283 g/mol. The first-order valence-corrected chi connectivity index (χ1v) is 6.31. The van der Waals surface area contributed by atoms with E-state index in [-0.39, 0.29) is 18.9 Å². The van der Waals surface area contributed by atoms with E-state index >= 15 is 0 Å². The molecule has 108 valence electrons. The van der Waals surface area contributed by atoms with Gasteiger partial charge in [0.15, 0.2) is 5.78 Å². The fraction of sp³-hybridized carbons (Fsp3) is 0.429. The zero-order valence-electron chi connectivity index (χ0n) is 10.8. The third kappa shape index (κ3) is 4.01. The first-order chi connectivity index (χ1) is 9.46. The number of hydrogen-bond donors (Lipinski definition) is 1. The Kier molecular flexibility index (Phi) is 4.32. The Morgan fingerprint density at radius 1 is 1.25 bits per heavy atom. The summed E-state index contributed by atoms with van der Waals surface area (Å²) >= 11 is 0. The van der Waals surface area contributed by atoms with Gasteiger partial charge in [0.05, 0.1) is 6.54 Å². The number of ketones is 1. The molecule has 1 fully saturated rings. The van der Waals surface area contributed by atoms with Crippen molar-refractivity contribution in [2.24, 2.45) is 5.92 Å². The van der Waals surface area contributed by atoms with Crippen LogP contribution in [-0.4, -0.2) is 24.3 Å². The zero-order chi connectivity index (χ0) is 14.6. The van der Waals surface area contributed by atoms with Crippen LogP contribution in [0.5, 0.6) is 0 Å². The van der Waals surface area contributed by atoms with Gasteiger partial charge in [-0.25, -0.2) is 13.6 Å². The molecule has 6 heteroatoms. The second-order valence-electron chi connectivity index (χ2n) is 4.84. The molecule has 4 nitrogen and oxygen atoms in total. The minimum absolute atomic E-state index is 0.0996. The van der Waals surface area contributed by atoms with Crippen LogP contribution in [0.4, 0.5) is 13.6 Å². The molecule has 1 saturated carbocycles. The normalized spacial score (nSPS) is 17.1. The molecular formula is C14H15F2NO3. The summed E-state index contributed by atoms with van der Waals surface area (Å²) in [6, 6.07) is 9.08. The predicted molar refractivity (Wildman–Crippen MR) is 67.3 cm³/mol. The quantitative estimate of drug-likeness (QED) is 0.903. The van der Waals surface area contributed by atoms with Gasteiger partial charge < -0.3 is 10.1 Å². The van der Waals surface area contributed by atoms with Crippen molar-refractivity contribution >= 4 is 11.9 Å². The molecule has 1 aliphatic rings. The molecule has 1 aliphatic carbocycles. The molecule has 0 bridgehead atoms. The minimum Gasteiger partial charge on any atom is -0.445 e. The maximum absolute atomic E-state index is 12.6. The van der Waals surface area contributed by atoms with E-state index < -0.39 is 30.8 Å². The molecule has 0 spiro atoms. The molecule has 0 saturated heterocycles. The Labute approximate surface area is 115 Å². The number of hydrogen-bond acceptors (Lipinski definition) is 3. The van der Waals surface area contributed by atoms with Crippen LogP contribution in [0, 0.1) is 5.92 Å². The Hall–Kier alpha value is -1.98. The summed E-state index contributed by atoms with van der Waals surface area (Å²) in [5.74, 6) is -3.76. The molecular weight excluding hydrogens is 268 g/mol. The number of carbonyl (C=O) groups excluding carboxylic acids is 2. The van der Waals surface area contributed by atoms with Gasteiger partial charge in [0.1, 0.15) is 6.61 Å². The van der Waals surface area contributed by atoms with Crippen molar-refractivity contribution in [3.8, 4) is 0 Å². The number of alkyl halides is 2. The highest BCUT2D eigenvalue weighted by molar-refractivity contribution is 5.86. The Balaban J connectivity index is 1.64. The number of nitrogens with one attached hydrogen (secondary N) is 1. The van der Waals surface area contributed by atoms with E-state index in [1.54, 1.807) is 12.1 Å². The number of carbonyl (C=O) groups is 2. The van der Waals surface area contributed by atoms with E-state index in [0.717, 1.165) is 5.56 Å². The largest absolute Gasteiger partial charge is 0.445 e. The number of halogens is 2. The second-order valence-corrected chi connectivity index (χ2v) is 4.84. The smallest absolute Gasteiger partial charge is 0.407 e. The van der Waals surface area contributed by atoms with Crippen molar-refractivity contribution in [1.29, 1.82) is 0 Å². The van der Waals surface area contributed by atoms with E-state index in [0.29, 0.717) is 0 Å². The van der Waals surface area contributed by atoms with Crippen LogP contribution < -0.4 is 5.32 Å². The van der Waals surface area contributed by atoms with Crippen LogP contribution in [0.1, 0.15) is 18.4 Å². The Morgan fingerprint density at radius 2 is 1.90 bits per heavy atom. The topological polar surface area (TPSA) is 55.4 Å².